The highest BCUT2D eigenvalue weighted by atomic mass is 16.7. The lowest BCUT2D eigenvalue weighted by Gasteiger charge is -2.67. The second kappa shape index (κ2) is 5.98. The Kier molecular flexibility index (Phi) is 3.90. The lowest BCUT2D eigenvalue weighted by Crippen LogP contribution is -2.73. The van der Waals surface area contributed by atoms with Crippen LogP contribution in [0.4, 0.5) is 0 Å². The van der Waals surface area contributed by atoms with Gasteiger partial charge in [-0.05, 0) is 43.1 Å². The summed E-state index contributed by atoms with van der Waals surface area (Å²) in [7, 11) is 0. The molecule has 7 heteroatoms. The fraction of sp³-hybridized carbons (Fsp3) is 0.731. The molecule has 0 unspecified atom stereocenters. The number of carbonyl (C=O) groups is 3. The summed E-state index contributed by atoms with van der Waals surface area (Å²) in [5.74, 6) is -0.940. The highest BCUT2D eigenvalue weighted by molar-refractivity contribution is 5.97. The second-order valence-electron chi connectivity index (χ2n) is 12.2. The number of carbonyl (C=O) groups excluding carboxylic acids is 3. The van der Waals surface area contributed by atoms with E-state index in [4.69, 9.17) is 13.9 Å². The Morgan fingerprint density at radius 3 is 2.36 bits per heavy atom. The van der Waals surface area contributed by atoms with Crippen molar-refractivity contribution in [1.29, 1.82) is 0 Å². The van der Waals surface area contributed by atoms with Crippen LogP contribution in [0.1, 0.15) is 72.0 Å². The smallest absolute Gasteiger partial charge is 0.339 e. The van der Waals surface area contributed by atoms with Crippen molar-refractivity contribution in [1.82, 2.24) is 0 Å². The zero-order valence-electron chi connectivity index (χ0n) is 19.8. The molecule has 0 amide bonds. The molecule has 33 heavy (non-hydrogen) atoms. The molecule has 3 saturated carbocycles. The summed E-state index contributed by atoms with van der Waals surface area (Å²) >= 11 is 0. The van der Waals surface area contributed by atoms with Crippen molar-refractivity contribution in [3.8, 4) is 0 Å². The van der Waals surface area contributed by atoms with Crippen LogP contribution in [0.2, 0.25) is 0 Å². The fourth-order valence-electron chi connectivity index (χ4n) is 8.93. The number of fused-ring (bicyclic) bond motifs is 3. The van der Waals surface area contributed by atoms with E-state index in [1.165, 1.54) is 0 Å². The molecule has 0 aromatic carbocycles. The van der Waals surface area contributed by atoms with E-state index in [-0.39, 0.29) is 36.2 Å². The molecule has 2 aliphatic heterocycles. The molecule has 3 heterocycles. The number of rotatable bonds is 1. The Balaban J connectivity index is 1.53. The number of aliphatic hydroxyl groups excluding tert-OH is 1. The summed E-state index contributed by atoms with van der Waals surface area (Å²) in [6, 6.07) is 1.79. The average molecular weight is 457 g/mol. The summed E-state index contributed by atoms with van der Waals surface area (Å²) in [5.41, 5.74) is -3.24. The van der Waals surface area contributed by atoms with Crippen molar-refractivity contribution in [3.05, 3.63) is 24.2 Å². The van der Waals surface area contributed by atoms with Crippen LogP contribution in [-0.4, -0.2) is 40.5 Å². The van der Waals surface area contributed by atoms with E-state index in [1.54, 1.807) is 18.6 Å². The number of ketones is 2. The number of furan rings is 1. The molecule has 1 spiro atoms. The maximum Gasteiger partial charge on any atom is 0.339 e. The minimum absolute atomic E-state index is 0.0185. The van der Waals surface area contributed by atoms with Crippen molar-refractivity contribution in [2.24, 2.45) is 33.5 Å². The number of hydrogen-bond acceptors (Lipinski definition) is 7. The lowest BCUT2D eigenvalue weighted by atomic mass is 9.35. The quantitative estimate of drug-likeness (QED) is 0.510. The Hall–Kier alpha value is -1.99. The standard InChI is InChI=1S/C26H32O7/c1-22(2)15-10-18(29)25(5)14(24(15,4)17(28)11-16(22)27)6-8-23(3)19(13-7-9-31-12-13)32-21(30)20-26(23,25)33-20/h7,9,12,14-16,19-20,27H,6,8,10-11H2,1-5H3/t14-,15+,16+,19-,20-,23+,24+,25+,26+/m0/s1. The predicted octanol–water partition coefficient (Wildman–Crippen LogP) is 3.39. The van der Waals surface area contributed by atoms with Crippen LogP contribution in [0, 0.1) is 33.5 Å². The van der Waals surface area contributed by atoms with E-state index >= 15 is 0 Å². The molecule has 5 fully saturated rings. The van der Waals surface area contributed by atoms with Crippen molar-refractivity contribution in [3.63, 3.8) is 0 Å². The van der Waals surface area contributed by atoms with Gasteiger partial charge in [-0.3, -0.25) is 9.59 Å². The molecule has 1 N–H and O–H groups in total. The van der Waals surface area contributed by atoms with Gasteiger partial charge in [0, 0.05) is 29.2 Å². The molecule has 0 bridgehead atoms. The monoisotopic (exact) mass is 456 g/mol. The number of Topliss-reactive ketones (excluding diaryl/α,β-unsaturated/α-hetero) is 2. The Labute approximate surface area is 193 Å². The minimum Gasteiger partial charge on any atom is -0.472 e. The largest absolute Gasteiger partial charge is 0.472 e. The van der Waals surface area contributed by atoms with Crippen LogP contribution in [-0.2, 0) is 23.9 Å². The average Bonchev–Trinajstić information content (AvgIpc) is 3.32. The maximum atomic E-state index is 14.1. The molecular formula is C26H32O7. The first kappa shape index (κ1) is 21.5. The van der Waals surface area contributed by atoms with E-state index in [2.05, 4.69) is 6.92 Å². The molecule has 1 aromatic rings. The molecule has 5 aliphatic rings. The molecular weight excluding hydrogens is 424 g/mol. The minimum atomic E-state index is -1.02. The summed E-state index contributed by atoms with van der Waals surface area (Å²) in [5, 5.41) is 10.7. The van der Waals surface area contributed by atoms with E-state index in [9.17, 15) is 19.5 Å². The first-order valence-corrected chi connectivity index (χ1v) is 12.0. The van der Waals surface area contributed by atoms with Crippen molar-refractivity contribution < 1.29 is 33.4 Å². The van der Waals surface area contributed by atoms with Crippen molar-refractivity contribution in [2.75, 3.05) is 0 Å². The van der Waals surface area contributed by atoms with E-state index in [0.29, 0.717) is 12.8 Å². The summed E-state index contributed by atoms with van der Waals surface area (Å²) in [6.07, 6.45) is 2.56. The van der Waals surface area contributed by atoms with E-state index in [1.807, 2.05) is 27.7 Å². The molecule has 6 rings (SSSR count). The van der Waals surface area contributed by atoms with Crippen LogP contribution >= 0.6 is 0 Å². The highest BCUT2D eigenvalue weighted by Crippen LogP contribution is 2.78. The summed E-state index contributed by atoms with van der Waals surface area (Å²) in [4.78, 5) is 40.8. The first-order valence-electron chi connectivity index (χ1n) is 12.0. The fourth-order valence-corrected chi connectivity index (χ4v) is 8.93. The second-order valence-corrected chi connectivity index (χ2v) is 12.2. The molecule has 3 aliphatic carbocycles. The maximum absolute atomic E-state index is 14.1. The van der Waals surface area contributed by atoms with Crippen LogP contribution in [0.3, 0.4) is 0 Å². The van der Waals surface area contributed by atoms with E-state index in [0.717, 1.165) is 5.56 Å². The van der Waals surface area contributed by atoms with Gasteiger partial charge in [-0.25, -0.2) is 4.79 Å². The molecule has 1 aromatic heterocycles. The van der Waals surface area contributed by atoms with Gasteiger partial charge >= 0.3 is 5.97 Å². The Morgan fingerprint density at radius 1 is 0.970 bits per heavy atom. The topological polar surface area (TPSA) is 106 Å². The Morgan fingerprint density at radius 2 is 1.70 bits per heavy atom. The van der Waals surface area contributed by atoms with Gasteiger partial charge in [0.2, 0.25) is 0 Å². The van der Waals surface area contributed by atoms with E-state index < -0.39 is 51.5 Å². The summed E-state index contributed by atoms with van der Waals surface area (Å²) < 4.78 is 17.5. The van der Waals surface area contributed by atoms with Crippen LogP contribution in [0.15, 0.2) is 23.0 Å². The number of hydrogen-bond donors (Lipinski definition) is 1. The van der Waals surface area contributed by atoms with Gasteiger partial charge in [0.05, 0.1) is 24.0 Å². The van der Waals surface area contributed by atoms with Gasteiger partial charge in [-0.1, -0.05) is 27.7 Å². The lowest BCUT2D eigenvalue weighted by molar-refractivity contribution is -0.225. The molecule has 0 radical (unpaired) electrons. The molecule has 7 nitrogen and oxygen atoms in total. The summed E-state index contributed by atoms with van der Waals surface area (Å²) in [6.45, 7) is 9.91. The molecule has 9 atom stereocenters. The van der Waals surface area contributed by atoms with Gasteiger partial charge in [0.25, 0.3) is 0 Å². The number of aliphatic hydroxyl groups is 1. The first-order chi connectivity index (χ1) is 15.4. The van der Waals surface area contributed by atoms with Crippen molar-refractivity contribution >= 4 is 17.5 Å². The zero-order chi connectivity index (χ0) is 23.8. The third-order valence-electron chi connectivity index (χ3n) is 10.9. The highest BCUT2D eigenvalue weighted by Gasteiger charge is 2.88. The Bertz CT molecular complexity index is 1070. The number of epoxide rings is 1. The van der Waals surface area contributed by atoms with Crippen LogP contribution < -0.4 is 0 Å². The third kappa shape index (κ3) is 2.10. The SMILES string of the molecule is CC1(C)[C@H](O)CC(=O)[C@@]2(C)[C@@H]1CC(=O)[C@@]1(C)[C@H]2CC[C@]2(C)[C@H](c3ccoc3)OC(=O)[C@@H]3O[C@@]312. The predicted molar refractivity (Wildman–Crippen MR) is 115 cm³/mol. The van der Waals surface area contributed by atoms with Crippen molar-refractivity contribution in [2.45, 2.75) is 84.2 Å². The normalized spacial score (nSPS) is 52.2. The van der Waals surface area contributed by atoms with Gasteiger partial charge in [-0.2, -0.15) is 0 Å². The van der Waals surface area contributed by atoms with Crippen LogP contribution in [0.25, 0.3) is 0 Å². The van der Waals surface area contributed by atoms with Gasteiger partial charge in [0.15, 0.2) is 6.10 Å². The zero-order valence-corrected chi connectivity index (χ0v) is 19.8. The molecule has 178 valence electrons. The van der Waals surface area contributed by atoms with Gasteiger partial charge in [0.1, 0.15) is 23.3 Å². The number of esters is 1. The molecule has 2 saturated heterocycles. The van der Waals surface area contributed by atoms with Gasteiger partial charge in [-0.15, -0.1) is 0 Å². The van der Waals surface area contributed by atoms with Gasteiger partial charge < -0.3 is 19.0 Å². The third-order valence-corrected chi connectivity index (χ3v) is 10.9. The van der Waals surface area contributed by atoms with Crippen LogP contribution in [0.5, 0.6) is 0 Å². The number of ether oxygens (including phenoxy) is 2. The number of cyclic esters (lactones) is 1.